The third kappa shape index (κ3) is 3.66. The van der Waals surface area contributed by atoms with E-state index in [1.807, 2.05) is 24.3 Å². The number of hydrogen-bond donors (Lipinski definition) is 1. The average molecular weight is 325 g/mol. The number of carboxylic acids is 1. The Bertz CT molecular complexity index is 476. The summed E-state index contributed by atoms with van der Waals surface area (Å²) < 4.78 is 0.833. The van der Waals surface area contributed by atoms with Gasteiger partial charge in [-0.2, -0.15) is 0 Å². The number of benzene rings is 1. The molecule has 0 saturated heterocycles. The summed E-state index contributed by atoms with van der Waals surface area (Å²) in [5.41, 5.74) is 0.725. The number of carbonyl (C=O) groups is 2. The molecule has 2 rings (SSSR count). The highest BCUT2D eigenvalue weighted by Crippen LogP contribution is 2.32. The maximum atomic E-state index is 12.2. The van der Waals surface area contributed by atoms with E-state index in [1.54, 1.807) is 0 Å². The molecule has 1 saturated carbocycles. The molecule has 1 N–H and O–H groups in total. The Labute approximate surface area is 121 Å². The Hall–Kier alpha value is -1.16. The molecule has 0 bridgehead atoms. The van der Waals surface area contributed by atoms with E-state index in [1.165, 1.54) is 0 Å². The molecular formula is C15H17BrO3. The van der Waals surface area contributed by atoms with Crippen molar-refractivity contribution in [2.75, 3.05) is 0 Å². The van der Waals surface area contributed by atoms with Crippen LogP contribution in [0.15, 0.2) is 28.7 Å². The normalized spacial score (nSPS) is 23.0. The summed E-state index contributed by atoms with van der Waals surface area (Å²) in [4.78, 5) is 23.1. The summed E-state index contributed by atoms with van der Waals surface area (Å²) in [5.74, 6) is -0.438. The summed E-state index contributed by atoms with van der Waals surface area (Å²) in [5, 5.41) is 8.95. The van der Waals surface area contributed by atoms with Crippen molar-refractivity contribution < 1.29 is 14.7 Å². The van der Waals surface area contributed by atoms with Gasteiger partial charge < -0.3 is 5.11 Å². The number of Topliss-reactive ketones (excluding diaryl/α,β-unsaturated/α-hetero) is 1. The molecule has 0 aliphatic heterocycles. The Kier molecular flexibility index (Phi) is 4.75. The van der Waals surface area contributed by atoms with Crippen LogP contribution in [0.25, 0.3) is 0 Å². The fraction of sp³-hybridized carbons (Fsp3) is 0.467. The number of ketones is 1. The Balaban J connectivity index is 1.91. The van der Waals surface area contributed by atoms with E-state index in [0.29, 0.717) is 25.2 Å². The van der Waals surface area contributed by atoms with Crippen LogP contribution in [-0.4, -0.2) is 16.9 Å². The quantitative estimate of drug-likeness (QED) is 0.854. The summed E-state index contributed by atoms with van der Waals surface area (Å²) in [7, 11) is 0. The van der Waals surface area contributed by atoms with Crippen molar-refractivity contribution in [2.45, 2.75) is 32.1 Å². The van der Waals surface area contributed by atoms with Gasteiger partial charge in [-0.3, -0.25) is 9.59 Å². The summed E-state index contributed by atoms with van der Waals surface area (Å²) in [6.07, 6.45) is 3.60. The molecule has 19 heavy (non-hydrogen) atoms. The van der Waals surface area contributed by atoms with Gasteiger partial charge in [0.15, 0.2) is 5.78 Å². The lowest BCUT2D eigenvalue weighted by Gasteiger charge is -2.25. The van der Waals surface area contributed by atoms with Gasteiger partial charge in [0.05, 0.1) is 5.92 Å². The zero-order valence-corrected chi connectivity index (χ0v) is 12.2. The van der Waals surface area contributed by atoms with Crippen molar-refractivity contribution in [3.05, 3.63) is 34.3 Å². The van der Waals surface area contributed by atoms with Gasteiger partial charge in [0.1, 0.15) is 0 Å². The zero-order chi connectivity index (χ0) is 13.8. The van der Waals surface area contributed by atoms with Crippen LogP contribution >= 0.6 is 15.9 Å². The smallest absolute Gasteiger partial charge is 0.306 e. The predicted molar refractivity (Wildman–Crippen MR) is 76.2 cm³/mol. The maximum Gasteiger partial charge on any atom is 0.306 e. The molecule has 4 heteroatoms. The van der Waals surface area contributed by atoms with Crippen LogP contribution in [0.2, 0.25) is 0 Å². The molecule has 0 amide bonds. The lowest BCUT2D eigenvalue weighted by molar-refractivity contribution is -0.143. The number of aliphatic carboxylic acids is 1. The Morgan fingerprint density at radius 2 is 1.79 bits per heavy atom. The van der Waals surface area contributed by atoms with Gasteiger partial charge >= 0.3 is 5.97 Å². The first-order valence-electron chi connectivity index (χ1n) is 6.58. The van der Waals surface area contributed by atoms with Crippen molar-refractivity contribution in [3.63, 3.8) is 0 Å². The highest BCUT2D eigenvalue weighted by Gasteiger charge is 2.27. The van der Waals surface area contributed by atoms with Crippen LogP contribution < -0.4 is 0 Å². The number of hydrogen-bond acceptors (Lipinski definition) is 2. The van der Waals surface area contributed by atoms with Gasteiger partial charge in [-0.25, -0.2) is 0 Å². The SMILES string of the molecule is O=C(CC1CCC(C(=O)O)CC1)c1ccccc1Br. The molecule has 0 heterocycles. The number of rotatable bonds is 4. The van der Waals surface area contributed by atoms with Gasteiger partial charge in [0.2, 0.25) is 0 Å². The molecule has 0 unspecified atom stereocenters. The molecule has 1 aromatic rings. The van der Waals surface area contributed by atoms with Crippen molar-refractivity contribution in [3.8, 4) is 0 Å². The number of halogens is 1. The lowest BCUT2D eigenvalue weighted by atomic mass is 9.79. The fourth-order valence-electron chi connectivity index (χ4n) is 2.67. The van der Waals surface area contributed by atoms with E-state index in [0.717, 1.165) is 22.9 Å². The molecule has 0 atom stereocenters. The van der Waals surface area contributed by atoms with E-state index in [-0.39, 0.29) is 11.7 Å². The van der Waals surface area contributed by atoms with E-state index in [9.17, 15) is 9.59 Å². The van der Waals surface area contributed by atoms with Crippen molar-refractivity contribution in [1.82, 2.24) is 0 Å². The highest BCUT2D eigenvalue weighted by atomic mass is 79.9. The van der Waals surface area contributed by atoms with Crippen molar-refractivity contribution in [1.29, 1.82) is 0 Å². The third-order valence-corrected chi connectivity index (χ3v) is 4.54. The summed E-state index contributed by atoms with van der Waals surface area (Å²) in [6, 6.07) is 7.45. The average Bonchev–Trinajstić information content (AvgIpc) is 2.39. The van der Waals surface area contributed by atoms with Crippen LogP contribution in [0, 0.1) is 11.8 Å². The monoisotopic (exact) mass is 324 g/mol. The highest BCUT2D eigenvalue weighted by molar-refractivity contribution is 9.10. The molecular weight excluding hydrogens is 308 g/mol. The van der Waals surface area contributed by atoms with E-state index >= 15 is 0 Å². The minimum atomic E-state index is -0.699. The molecule has 1 aliphatic rings. The molecule has 0 radical (unpaired) electrons. The molecule has 1 fully saturated rings. The third-order valence-electron chi connectivity index (χ3n) is 3.84. The second-order valence-corrected chi connectivity index (χ2v) is 6.02. The number of carboxylic acid groups (broad SMARTS) is 1. The Morgan fingerprint density at radius 1 is 1.16 bits per heavy atom. The van der Waals surface area contributed by atoms with Crippen LogP contribution in [0.1, 0.15) is 42.5 Å². The first kappa shape index (κ1) is 14.3. The van der Waals surface area contributed by atoms with E-state index in [2.05, 4.69) is 15.9 Å². The first-order chi connectivity index (χ1) is 9.08. The van der Waals surface area contributed by atoms with Gasteiger partial charge in [0.25, 0.3) is 0 Å². The maximum absolute atomic E-state index is 12.2. The molecule has 0 aromatic heterocycles. The van der Waals surface area contributed by atoms with Crippen LogP contribution in [-0.2, 0) is 4.79 Å². The Morgan fingerprint density at radius 3 is 2.37 bits per heavy atom. The lowest BCUT2D eigenvalue weighted by Crippen LogP contribution is -2.22. The van der Waals surface area contributed by atoms with Crippen LogP contribution in [0.4, 0.5) is 0 Å². The van der Waals surface area contributed by atoms with Crippen molar-refractivity contribution in [2.24, 2.45) is 11.8 Å². The van der Waals surface area contributed by atoms with Crippen LogP contribution in [0.3, 0.4) is 0 Å². The summed E-state index contributed by atoms with van der Waals surface area (Å²) in [6.45, 7) is 0. The standard InChI is InChI=1S/C15H17BrO3/c16-13-4-2-1-3-12(13)14(17)9-10-5-7-11(8-6-10)15(18)19/h1-4,10-11H,5-9H2,(H,18,19). The fourth-order valence-corrected chi connectivity index (χ4v) is 3.18. The van der Waals surface area contributed by atoms with E-state index in [4.69, 9.17) is 5.11 Å². The molecule has 1 aromatic carbocycles. The second-order valence-electron chi connectivity index (χ2n) is 5.16. The largest absolute Gasteiger partial charge is 0.481 e. The minimum Gasteiger partial charge on any atom is -0.481 e. The van der Waals surface area contributed by atoms with Gasteiger partial charge in [0, 0.05) is 16.5 Å². The zero-order valence-electron chi connectivity index (χ0n) is 10.6. The van der Waals surface area contributed by atoms with Gasteiger partial charge in [-0.05, 0) is 37.7 Å². The van der Waals surface area contributed by atoms with Gasteiger partial charge in [-0.1, -0.05) is 34.1 Å². The predicted octanol–water partition coefficient (Wildman–Crippen LogP) is 3.91. The topological polar surface area (TPSA) is 54.4 Å². The minimum absolute atomic E-state index is 0.145. The summed E-state index contributed by atoms with van der Waals surface area (Å²) >= 11 is 3.39. The second kappa shape index (κ2) is 6.33. The first-order valence-corrected chi connectivity index (χ1v) is 7.37. The molecule has 102 valence electrons. The molecule has 0 spiro atoms. The molecule has 3 nitrogen and oxygen atoms in total. The number of carbonyl (C=O) groups excluding carboxylic acids is 1. The van der Waals surface area contributed by atoms with Crippen molar-refractivity contribution >= 4 is 27.7 Å². The van der Waals surface area contributed by atoms with Crippen LogP contribution in [0.5, 0.6) is 0 Å². The van der Waals surface area contributed by atoms with Gasteiger partial charge in [-0.15, -0.1) is 0 Å². The van der Waals surface area contributed by atoms with E-state index < -0.39 is 5.97 Å². The molecule has 1 aliphatic carbocycles.